The number of ether oxygens (including phenoxy) is 1. The van der Waals surface area contributed by atoms with Crippen molar-refractivity contribution in [2.45, 2.75) is 39.2 Å². The number of carbonyl (C=O) groups is 2. The Labute approximate surface area is 156 Å². The van der Waals surface area contributed by atoms with E-state index in [1.807, 2.05) is 49.0 Å². The zero-order valence-corrected chi connectivity index (χ0v) is 16.4. The number of rotatable bonds is 9. The van der Waals surface area contributed by atoms with Crippen LogP contribution in [-0.4, -0.2) is 51.1 Å². The van der Waals surface area contributed by atoms with Gasteiger partial charge in [-0.1, -0.05) is 13.3 Å². The second kappa shape index (κ2) is 9.57. The molecule has 1 N–H and O–H groups in total. The van der Waals surface area contributed by atoms with E-state index >= 15 is 0 Å². The van der Waals surface area contributed by atoms with Crippen molar-refractivity contribution in [1.29, 1.82) is 0 Å². The lowest BCUT2D eigenvalue weighted by Crippen LogP contribution is -2.33. The van der Waals surface area contributed by atoms with Crippen LogP contribution in [0.25, 0.3) is 0 Å². The minimum absolute atomic E-state index is 0.0932. The molecule has 0 atom stereocenters. The van der Waals surface area contributed by atoms with Gasteiger partial charge in [0, 0.05) is 58.0 Å². The molecule has 1 aromatic rings. The first kappa shape index (κ1) is 20.2. The smallest absolute Gasteiger partial charge is 0.227 e. The third-order valence-corrected chi connectivity index (χ3v) is 4.89. The van der Waals surface area contributed by atoms with Crippen LogP contribution >= 0.6 is 0 Å². The minimum Gasteiger partial charge on any atom is -0.383 e. The summed E-state index contributed by atoms with van der Waals surface area (Å²) in [5, 5.41) is 3.02. The van der Waals surface area contributed by atoms with Crippen LogP contribution < -0.4 is 10.2 Å². The SMILES string of the molecule is CCC(=O)N(CCOC)Cc1cc(NC(=O)C2CCC2)ccc1N(C)C. The Kier molecular flexibility index (Phi) is 7.45. The third kappa shape index (κ3) is 5.21. The van der Waals surface area contributed by atoms with Gasteiger partial charge >= 0.3 is 0 Å². The molecule has 0 saturated heterocycles. The van der Waals surface area contributed by atoms with E-state index in [1.165, 1.54) is 0 Å². The van der Waals surface area contributed by atoms with Gasteiger partial charge in [-0.2, -0.15) is 0 Å². The maximum Gasteiger partial charge on any atom is 0.227 e. The fourth-order valence-corrected chi connectivity index (χ4v) is 3.06. The number of hydrogen-bond donors (Lipinski definition) is 1. The molecule has 144 valence electrons. The van der Waals surface area contributed by atoms with Crippen molar-refractivity contribution in [3.05, 3.63) is 23.8 Å². The van der Waals surface area contributed by atoms with E-state index in [-0.39, 0.29) is 17.7 Å². The Morgan fingerprint density at radius 3 is 2.54 bits per heavy atom. The summed E-state index contributed by atoms with van der Waals surface area (Å²) in [4.78, 5) is 28.4. The van der Waals surface area contributed by atoms with Crippen LogP contribution in [-0.2, 0) is 20.9 Å². The number of methoxy groups -OCH3 is 1. The van der Waals surface area contributed by atoms with Gasteiger partial charge in [0.05, 0.1) is 6.61 Å². The van der Waals surface area contributed by atoms with E-state index in [9.17, 15) is 9.59 Å². The van der Waals surface area contributed by atoms with E-state index < -0.39 is 0 Å². The highest BCUT2D eigenvalue weighted by molar-refractivity contribution is 5.93. The third-order valence-electron chi connectivity index (χ3n) is 4.89. The Hall–Kier alpha value is -2.08. The van der Waals surface area contributed by atoms with Crippen LogP contribution in [0.1, 0.15) is 38.2 Å². The van der Waals surface area contributed by atoms with E-state index in [1.54, 1.807) is 7.11 Å². The van der Waals surface area contributed by atoms with E-state index in [2.05, 4.69) is 5.32 Å². The largest absolute Gasteiger partial charge is 0.383 e. The van der Waals surface area contributed by atoms with Crippen LogP contribution in [0.5, 0.6) is 0 Å². The maximum atomic E-state index is 12.3. The van der Waals surface area contributed by atoms with E-state index in [0.717, 1.165) is 36.2 Å². The van der Waals surface area contributed by atoms with Crippen LogP contribution in [0.15, 0.2) is 18.2 Å². The Morgan fingerprint density at radius 2 is 2.00 bits per heavy atom. The monoisotopic (exact) mass is 361 g/mol. The summed E-state index contributed by atoms with van der Waals surface area (Å²) in [7, 11) is 5.59. The lowest BCUT2D eigenvalue weighted by molar-refractivity contribution is -0.132. The fraction of sp³-hybridized carbons (Fsp3) is 0.600. The van der Waals surface area contributed by atoms with Crippen LogP contribution in [0.4, 0.5) is 11.4 Å². The summed E-state index contributed by atoms with van der Waals surface area (Å²) in [5.74, 6) is 0.336. The highest BCUT2D eigenvalue weighted by Crippen LogP contribution is 2.29. The quantitative estimate of drug-likeness (QED) is 0.735. The molecule has 0 unspecified atom stereocenters. The van der Waals surface area contributed by atoms with Gasteiger partial charge in [0.2, 0.25) is 11.8 Å². The molecule has 1 saturated carbocycles. The fourth-order valence-electron chi connectivity index (χ4n) is 3.06. The van der Waals surface area contributed by atoms with Crippen molar-refractivity contribution < 1.29 is 14.3 Å². The predicted molar refractivity (Wildman–Crippen MR) is 104 cm³/mol. The highest BCUT2D eigenvalue weighted by atomic mass is 16.5. The molecule has 0 aliphatic heterocycles. The molecule has 1 aromatic carbocycles. The van der Waals surface area contributed by atoms with Crippen LogP contribution in [0.2, 0.25) is 0 Å². The number of benzene rings is 1. The van der Waals surface area contributed by atoms with Gasteiger partial charge in [0.25, 0.3) is 0 Å². The maximum absolute atomic E-state index is 12.3. The van der Waals surface area contributed by atoms with Gasteiger partial charge in [-0.05, 0) is 36.6 Å². The molecule has 2 amide bonds. The van der Waals surface area contributed by atoms with Gasteiger partial charge in [-0.15, -0.1) is 0 Å². The van der Waals surface area contributed by atoms with E-state index in [4.69, 9.17) is 4.74 Å². The second-order valence-electron chi connectivity index (χ2n) is 7.02. The average molecular weight is 361 g/mol. The molecule has 26 heavy (non-hydrogen) atoms. The number of hydrogen-bond acceptors (Lipinski definition) is 4. The minimum atomic E-state index is 0.0932. The molecule has 0 radical (unpaired) electrons. The molecule has 6 heteroatoms. The van der Waals surface area contributed by atoms with E-state index in [0.29, 0.717) is 26.1 Å². The standard InChI is InChI=1S/C20H31N3O3/c1-5-19(24)23(11-12-26-4)14-16-13-17(9-10-18(16)22(2)3)21-20(25)15-7-6-8-15/h9-10,13,15H,5-8,11-12,14H2,1-4H3,(H,21,25). The van der Waals surface area contributed by atoms with Crippen molar-refractivity contribution in [3.63, 3.8) is 0 Å². The predicted octanol–water partition coefficient (Wildman–Crippen LogP) is 2.88. The second-order valence-corrected chi connectivity index (χ2v) is 7.02. The van der Waals surface area contributed by atoms with Crippen LogP contribution in [0, 0.1) is 5.92 Å². The first-order valence-corrected chi connectivity index (χ1v) is 9.34. The number of amides is 2. The summed E-state index contributed by atoms with van der Waals surface area (Å²) >= 11 is 0. The zero-order chi connectivity index (χ0) is 19.1. The molecular formula is C20H31N3O3. The first-order chi connectivity index (χ1) is 12.5. The lowest BCUT2D eigenvalue weighted by Gasteiger charge is -2.27. The van der Waals surface area contributed by atoms with Crippen molar-refractivity contribution in [2.75, 3.05) is 44.6 Å². The van der Waals surface area contributed by atoms with Gasteiger partial charge < -0.3 is 19.9 Å². The molecule has 0 bridgehead atoms. The molecule has 0 aromatic heterocycles. The molecule has 1 aliphatic rings. The Bertz CT molecular complexity index is 627. The number of nitrogens with one attached hydrogen (secondary N) is 1. The normalized spacial score (nSPS) is 13.8. The summed E-state index contributed by atoms with van der Waals surface area (Å²) in [6.45, 7) is 3.41. The number of anilines is 2. The number of carbonyl (C=O) groups excluding carboxylic acids is 2. The number of nitrogens with zero attached hydrogens (tertiary/aromatic N) is 2. The molecule has 6 nitrogen and oxygen atoms in total. The Morgan fingerprint density at radius 1 is 1.27 bits per heavy atom. The summed E-state index contributed by atoms with van der Waals surface area (Å²) < 4.78 is 5.14. The molecular weight excluding hydrogens is 330 g/mol. The summed E-state index contributed by atoms with van der Waals surface area (Å²) in [5.41, 5.74) is 2.84. The molecule has 2 rings (SSSR count). The first-order valence-electron chi connectivity index (χ1n) is 9.34. The van der Waals surface area contributed by atoms with Crippen LogP contribution in [0.3, 0.4) is 0 Å². The summed E-state index contributed by atoms with van der Waals surface area (Å²) in [6, 6.07) is 5.90. The Balaban J connectivity index is 2.20. The topological polar surface area (TPSA) is 61.9 Å². The van der Waals surface area contributed by atoms with Crippen molar-refractivity contribution in [2.24, 2.45) is 5.92 Å². The van der Waals surface area contributed by atoms with Crippen molar-refractivity contribution in [1.82, 2.24) is 4.90 Å². The average Bonchev–Trinajstić information content (AvgIpc) is 2.56. The van der Waals surface area contributed by atoms with Gasteiger partial charge in [0.1, 0.15) is 0 Å². The molecule has 0 heterocycles. The van der Waals surface area contributed by atoms with Gasteiger partial charge in [-0.25, -0.2) is 0 Å². The zero-order valence-electron chi connectivity index (χ0n) is 16.4. The van der Waals surface area contributed by atoms with Gasteiger partial charge in [-0.3, -0.25) is 9.59 Å². The molecule has 1 aliphatic carbocycles. The van der Waals surface area contributed by atoms with Gasteiger partial charge in [0.15, 0.2) is 0 Å². The highest BCUT2D eigenvalue weighted by Gasteiger charge is 2.25. The van der Waals surface area contributed by atoms with Crippen molar-refractivity contribution >= 4 is 23.2 Å². The van der Waals surface area contributed by atoms with Crippen molar-refractivity contribution in [3.8, 4) is 0 Å². The summed E-state index contributed by atoms with van der Waals surface area (Å²) in [6.07, 6.45) is 3.55. The molecule has 0 spiro atoms. The molecule has 1 fully saturated rings. The lowest BCUT2D eigenvalue weighted by atomic mass is 9.85.